The Morgan fingerprint density at radius 1 is 1.25 bits per heavy atom. The van der Waals surface area contributed by atoms with Crippen molar-refractivity contribution in [3.63, 3.8) is 0 Å². The second-order valence-corrected chi connectivity index (χ2v) is 5.42. The Bertz CT molecular complexity index is 617. The molecule has 106 valence electrons. The monoisotopic (exact) mass is 312 g/mol. The summed E-state index contributed by atoms with van der Waals surface area (Å²) in [4.78, 5) is 0. The van der Waals surface area contributed by atoms with Crippen LogP contribution in [0.25, 0.3) is 0 Å². The topological polar surface area (TPSA) is 38.0 Å². The Kier molecular flexibility index (Phi) is 5.00. The van der Waals surface area contributed by atoms with Crippen molar-refractivity contribution in [1.82, 2.24) is 5.43 Å². The van der Waals surface area contributed by atoms with E-state index in [4.69, 9.17) is 29.0 Å². The summed E-state index contributed by atoms with van der Waals surface area (Å²) in [7, 11) is 0. The smallest absolute Gasteiger partial charge is 0.124 e. The number of rotatable bonds is 4. The van der Waals surface area contributed by atoms with Crippen LogP contribution < -0.4 is 11.3 Å². The lowest BCUT2D eigenvalue weighted by Crippen LogP contribution is -2.30. The average molecular weight is 313 g/mol. The zero-order valence-corrected chi connectivity index (χ0v) is 12.5. The lowest BCUT2D eigenvalue weighted by molar-refractivity contribution is 0.550. The molecule has 0 radical (unpaired) electrons. The second-order valence-electron chi connectivity index (χ2n) is 4.64. The molecule has 2 nitrogen and oxygen atoms in total. The van der Waals surface area contributed by atoms with Gasteiger partial charge in [0.15, 0.2) is 0 Å². The zero-order valence-electron chi connectivity index (χ0n) is 11.0. The fourth-order valence-electron chi connectivity index (χ4n) is 2.11. The van der Waals surface area contributed by atoms with E-state index in [1.807, 2.05) is 25.1 Å². The Balaban J connectivity index is 2.31. The Morgan fingerprint density at radius 3 is 2.65 bits per heavy atom. The standard InChI is InChI=1S/C15H15Cl2FN2/c1-9-3-2-4-12(15(9)17)14(20-19)7-10-5-6-11(18)8-13(10)16/h2-6,8,14,20H,7,19H2,1H3. The van der Waals surface area contributed by atoms with Crippen LogP contribution in [0.1, 0.15) is 22.7 Å². The Hall–Kier alpha value is -1.13. The van der Waals surface area contributed by atoms with Gasteiger partial charge in [-0.25, -0.2) is 4.39 Å². The lowest BCUT2D eigenvalue weighted by atomic mass is 9.98. The van der Waals surface area contributed by atoms with Gasteiger partial charge in [0.1, 0.15) is 5.82 Å². The number of hydrogen-bond acceptors (Lipinski definition) is 2. The summed E-state index contributed by atoms with van der Waals surface area (Å²) in [5.41, 5.74) is 5.43. The first-order chi connectivity index (χ1) is 9.52. The van der Waals surface area contributed by atoms with Gasteiger partial charge < -0.3 is 0 Å². The molecule has 2 aromatic rings. The maximum Gasteiger partial charge on any atom is 0.124 e. The fraction of sp³-hybridized carbons (Fsp3) is 0.200. The quantitative estimate of drug-likeness (QED) is 0.656. The minimum absolute atomic E-state index is 0.189. The van der Waals surface area contributed by atoms with Crippen molar-refractivity contribution in [2.24, 2.45) is 5.84 Å². The van der Waals surface area contributed by atoms with Gasteiger partial charge in [0.2, 0.25) is 0 Å². The number of aryl methyl sites for hydroxylation is 1. The van der Waals surface area contributed by atoms with Crippen LogP contribution in [0, 0.1) is 12.7 Å². The van der Waals surface area contributed by atoms with Crippen molar-refractivity contribution >= 4 is 23.2 Å². The molecule has 0 heterocycles. The second kappa shape index (κ2) is 6.55. The summed E-state index contributed by atoms with van der Waals surface area (Å²) < 4.78 is 13.1. The van der Waals surface area contributed by atoms with Gasteiger partial charge in [0.05, 0.1) is 6.04 Å². The van der Waals surface area contributed by atoms with E-state index in [0.29, 0.717) is 16.5 Å². The molecule has 1 atom stereocenters. The molecule has 0 amide bonds. The molecule has 1 unspecified atom stereocenters. The van der Waals surface area contributed by atoms with Crippen LogP contribution in [-0.2, 0) is 6.42 Å². The average Bonchev–Trinajstić information content (AvgIpc) is 2.42. The molecule has 0 aliphatic rings. The van der Waals surface area contributed by atoms with Crippen LogP contribution in [-0.4, -0.2) is 0 Å². The minimum atomic E-state index is -0.357. The number of halogens is 3. The first kappa shape index (κ1) is 15.3. The van der Waals surface area contributed by atoms with Crippen LogP contribution in [0.15, 0.2) is 36.4 Å². The molecular formula is C15H15Cl2FN2. The third kappa shape index (κ3) is 3.30. The van der Waals surface area contributed by atoms with E-state index in [-0.39, 0.29) is 11.9 Å². The van der Waals surface area contributed by atoms with Crippen LogP contribution in [0.2, 0.25) is 10.0 Å². The fourth-order valence-corrected chi connectivity index (χ4v) is 2.61. The third-order valence-corrected chi connectivity index (χ3v) is 4.11. The highest BCUT2D eigenvalue weighted by molar-refractivity contribution is 6.32. The highest BCUT2D eigenvalue weighted by Crippen LogP contribution is 2.29. The molecule has 0 saturated carbocycles. The normalized spacial score (nSPS) is 12.4. The maximum absolute atomic E-state index is 13.1. The summed E-state index contributed by atoms with van der Waals surface area (Å²) in [6.45, 7) is 1.93. The van der Waals surface area contributed by atoms with E-state index in [1.54, 1.807) is 6.07 Å². The van der Waals surface area contributed by atoms with Gasteiger partial charge in [-0.05, 0) is 42.2 Å². The number of nitrogens with one attached hydrogen (secondary N) is 1. The van der Waals surface area contributed by atoms with Gasteiger partial charge in [-0.2, -0.15) is 0 Å². The number of benzene rings is 2. The molecule has 2 rings (SSSR count). The number of nitrogens with two attached hydrogens (primary N) is 1. The highest BCUT2D eigenvalue weighted by Gasteiger charge is 2.16. The number of hydrazine groups is 1. The summed E-state index contributed by atoms with van der Waals surface area (Å²) in [6.07, 6.45) is 0.527. The largest absolute Gasteiger partial charge is 0.271 e. The van der Waals surface area contributed by atoms with Crippen molar-refractivity contribution < 1.29 is 4.39 Å². The molecule has 20 heavy (non-hydrogen) atoms. The van der Waals surface area contributed by atoms with Gasteiger partial charge in [0, 0.05) is 10.0 Å². The van der Waals surface area contributed by atoms with Crippen molar-refractivity contribution in [3.05, 3.63) is 69.0 Å². The predicted molar refractivity (Wildman–Crippen MR) is 81.4 cm³/mol. The van der Waals surface area contributed by atoms with Crippen molar-refractivity contribution in [2.45, 2.75) is 19.4 Å². The molecule has 0 saturated heterocycles. The van der Waals surface area contributed by atoms with Crippen molar-refractivity contribution in [1.29, 1.82) is 0 Å². The van der Waals surface area contributed by atoms with Gasteiger partial charge in [-0.3, -0.25) is 11.3 Å². The minimum Gasteiger partial charge on any atom is -0.271 e. The van der Waals surface area contributed by atoms with E-state index in [1.165, 1.54) is 12.1 Å². The van der Waals surface area contributed by atoms with E-state index in [9.17, 15) is 4.39 Å². The van der Waals surface area contributed by atoms with E-state index in [0.717, 1.165) is 16.7 Å². The summed E-state index contributed by atoms with van der Waals surface area (Å²) >= 11 is 12.4. The van der Waals surface area contributed by atoms with Gasteiger partial charge >= 0.3 is 0 Å². The summed E-state index contributed by atoms with van der Waals surface area (Å²) in [6, 6.07) is 9.92. The van der Waals surface area contributed by atoms with E-state index < -0.39 is 0 Å². The Morgan fingerprint density at radius 2 is 2.00 bits per heavy atom. The molecular weight excluding hydrogens is 298 g/mol. The predicted octanol–water partition coefficient (Wildman–Crippen LogP) is 4.19. The summed E-state index contributed by atoms with van der Waals surface area (Å²) in [5.74, 6) is 5.27. The molecule has 2 aromatic carbocycles. The summed E-state index contributed by atoms with van der Waals surface area (Å²) in [5, 5.41) is 1.06. The Labute approximate surface area is 127 Å². The first-order valence-corrected chi connectivity index (χ1v) is 6.93. The van der Waals surface area contributed by atoms with E-state index in [2.05, 4.69) is 5.43 Å². The molecule has 0 aliphatic heterocycles. The molecule has 5 heteroatoms. The molecule has 0 spiro atoms. The molecule has 0 aliphatic carbocycles. The van der Waals surface area contributed by atoms with Crippen LogP contribution in [0.3, 0.4) is 0 Å². The zero-order chi connectivity index (χ0) is 14.7. The highest BCUT2D eigenvalue weighted by atomic mass is 35.5. The van der Waals surface area contributed by atoms with Gasteiger partial charge in [0.25, 0.3) is 0 Å². The van der Waals surface area contributed by atoms with Crippen LogP contribution in [0.4, 0.5) is 4.39 Å². The van der Waals surface area contributed by atoms with Gasteiger partial charge in [-0.1, -0.05) is 47.5 Å². The van der Waals surface area contributed by atoms with E-state index >= 15 is 0 Å². The molecule has 0 bridgehead atoms. The first-order valence-electron chi connectivity index (χ1n) is 6.18. The molecule has 0 aromatic heterocycles. The van der Waals surface area contributed by atoms with Crippen molar-refractivity contribution in [3.8, 4) is 0 Å². The lowest BCUT2D eigenvalue weighted by Gasteiger charge is -2.19. The number of hydrogen-bond donors (Lipinski definition) is 2. The van der Waals surface area contributed by atoms with Gasteiger partial charge in [-0.15, -0.1) is 0 Å². The van der Waals surface area contributed by atoms with Crippen molar-refractivity contribution in [2.75, 3.05) is 0 Å². The SMILES string of the molecule is Cc1cccc(C(Cc2ccc(F)cc2Cl)NN)c1Cl. The van der Waals surface area contributed by atoms with Crippen LogP contribution >= 0.6 is 23.2 Å². The third-order valence-electron chi connectivity index (χ3n) is 3.24. The molecule has 3 N–H and O–H groups in total. The maximum atomic E-state index is 13.1. The van der Waals surface area contributed by atoms with Crippen LogP contribution in [0.5, 0.6) is 0 Å². The molecule has 0 fully saturated rings.